The van der Waals surface area contributed by atoms with E-state index in [1.54, 1.807) is 0 Å². The van der Waals surface area contributed by atoms with Crippen LogP contribution in [-0.4, -0.2) is 32.4 Å². The summed E-state index contributed by atoms with van der Waals surface area (Å²) in [7, 11) is 4.11. The molecule has 0 amide bonds. The molecule has 5 atom stereocenters. The maximum absolute atomic E-state index is 10.1. The van der Waals surface area contributed by atoms with Crippen LogP contribution in [0.3, 0.4) is 0 Å². The lowest BCUT2D eigenvalue weighted by molar-refractivity contribution is -0.165. The number of fused-ring (bicyclic) bond motifs is 2. The van der Waals surface area contributed by atoms with Gasteiger partial charge in [0.05, 0.1) is 19.3 Å². The van der Waals surface area contributed by atoms with Crippen LogP contribution in [0.5, 0.6) is 0 Å². The highest BCUT2D eigenvalue weighted by Gasteiger charge is 2.53. The van der Waals surface area contributed by atoms with E-state index in [2.05, 4.69) is 70.1 Å². The van der Waals surface area contributed by atoms with Crippen LogP contribution in [-0.2, 0) is 4.74 Å². The fraction of sp³-hybridized carbons (Fsp3) is 0.600. The van der Waals surface area contributed by atoms with Crippen LogP contribution in [0.2, 0.25) is 0 Å². The summed E-state index contributed by atoms with van der Waals surface area (Å²) < 4.78 is 6.32. The van der Waals surface area contributed by atoms with E-state index in [4.69, 9.17) is 4.74 Å². The van der Waals surface area contributed by atoms with E-state index < -0.39 is 0 Å². The molecule has 1 aromatic carbocycles. The Hall–Kier alpha value is -1.32. The number of hydrogen-bond donors (Lipinski definition) is 1. The minimum atomic E-state index is -0.135. The number of anilines is 1. The van der Waals surface area contributed by atoms with Crippen molar-refractivity contribution in [3.05, 3.63) is 41.5 Å². The van der Waals surface area contributed by atoms with E-state index in [0.29, 0.717) is 24.4 Å². The fourth-order valence-electron chi connectivity index (χ4n) is 4.55. The summed E-state index contributed by atoms with van der Waals surface area (Å²) in [4.78, 5) is 2.11. The van der Waals surface area contributed by atoms with E-state index in [-0.39, 0.29) is 18.1 Å². The number of nitrogens with zero attached hydrogens (tertiary/aromatic N) is 1. The molecule has 23 heavy (non-hydrogen) atoms. The van der Waals surface area contributed by atoms with Crippen molar-refractivity contribution in [2.24, 2.45) is 23.2 Å². The van der Waals surface area contributed by atoms with Gasteiger partial charge in [-0.2, -0.15) is 0 Å². The van der Waals surface area contributed by atoms with Gasteiger partial charge in [-0.25, -0.2) is 0 Å². The lowest BCUT2D eigenvalue weighted by Crippen LogP contribution is -2.53. The van der Waals surface area contributed by atoms with Gasteiger partial charge >= 0.3 is 0 Å². The Bertz CT molecular complexity index is 592. The molecule has 126 valence electrons. The highest BCUT2D eigenvalue weighted by atomic mass is 16.5. The van der Waals surface area contributed by atoms with Crippen LogP contribution in [0.15, 0.2) is 35.9 Å². The third-order valence-electron chi connectivity index (χ3n) is 6.28. The van der Waals surface area contributed by atoms with Crippen LogP contribution in [0, 0.1) is 23.2 Å². The number of hydrogen-bond acceptors (Lipinski definition) is 3. The Morgan fingerprint density at radius 3 is 2.43 bits per heavy atom. The number of aliphatic hydroxyl groups excluding tert-OH is 1. The van der Waals surface area contributed by atoms with Crippen LogP contribution in [0.4, 0.5) is 5.69 Å². The molecule has 0 saturated carbocycles. The first-order valence-corrected chi connectivity index (χ1v) is 8.59. The van der Waals surface area contributed by atoms with E-state index in [1.807, 2.05) is 0 Å². The van der Waals surface area contributed by atoms with Crippen LogP contribution in [0.25, 0.3) is 0 Å². The van der Waals surface area contributed by atoms with Crippen molar-refractivity contribution in [2.45, 2.75) is 26.9 Å². The van der Waals surface area contributed by atoms with Gasteiger partial charge in [0.25, 0.3) is 0 Å². The molecule has 1 N–H and O–H groups in total. The molecule has 1 aliphatic carbocycles. The topological polar surface area (TPSA) is 32.7 Å². The molecule has 3 heteroatoms. The molecule has 0 unspecified atom stereocenters. The van der Waals surface area contributed by atoms with Crippen molar-refractivity contribution in [1.82, 2.24) is 0 Å². The zero-order valence-corrected chi connectivity index (χ0v) is 14.9. The molecule has 2 aliphatic rings. The highest BCUT2D eigenvalue weighted by molar-refractivity contribution is 5.46. The zero-order valence-electron chi connectivity index (χ0n) is 14.9. The van der Waals surface area contributed by atoms with Crippen molar-refractivity contribution in [3.8, 4) is 0 Å². The van der Waals surface area contributed by atoms with Crippen LogP contribution >= 0.6 is 0 Å². The normalized spacial score (nSPS) is 36.5. The minimum Gasteiger partial charge on any atom is -0.396 e. The molecule has 0 aromatic heterocycles. The molecule has 1 aromatic rings. The Morgan fingerprint density at radius 2 is 1.87 bits per heavy atom. The number of ether oxygens (including phenoxy) is 1. The molecule has 1 fully saturated rings. The number of aliphatic hydroxyl groups is 1. The molecule has 1 saturated heterocycles. The molecule has 1 aliphatic heterocycles. The largest absolute Gasteiger partial charge is 0.396 e. The second-order valence-electron chi connectivity index (χ2n) is 7.62. The van der Waals surface area contributed by atoms with Gasteiger partial charge in [0.2, 0.25) is 0 Å². The summed E-state index contributed by atoms with van der Waals surface area (Å²) in [5.74, 6) is 1.12. The standard InChI is InChI=1S/C20H29NO2/c1-13-10-14(2)20(11-22)12-23-19(18(13)15(20)3)16-6-8-17(9-7-16)21(4)5/h6-10,14-15,18-19,22H,11-12H2,1-5H3/t14-,15+,18+,19+,20-/m1/s1. The van der Waals surface area contributed by atoms with Crippen molar-refractivity contribution in [2.75, 3.05) is 32.2 Å². The van der Waals surface area contributed by atoms with Crippen molar-refractivity contribution in [1.29, 1.82) is 0 Å². The first-order chi connectivity index (χ1) is 10.9. The lowest BCUT2D eigenvalue weighted by Gasteiger charge is -2.55. The predicted molar refractivity (Wildman–Crippen MR) is 94.6 cm³/mol. The number of rotatable bonds is 3. The van der Waals surface area contributed by atoms with E-state index in [1.165, 1.54) is 16.8 Å². The summed E-state index contributed by atoms with van der Waals surface area (Å²) in [6.07, 6.45) is 2.44. The summed E-state index contributed by atoms with van der Waals surface area (Å²) >= 11 is 0. The molecular formula is C20H29NO2. The smallest absolute Gasteiger partial charge is 0.0893 e. The average molecular weight is 315 g/mol. The first-order valence-electron chi connectivity index (χ1n) is 8.59. The van der Waals surface area contributed by atoms with Crippen LogP contribution in [0.1, 0.15) is 32.4 Å². The maximum atomic E-state index is 10.1. The predicted octanol–water partition coefficient (Wildman–Crippen LogP) is 3.65. The van der Waals surface area contributed by atoms with Crippen molar-refractivity contribution in [3.63, 3.8) is 0 Å². The summed E-state index contributed by atoms with van der Waals surface area (Å²) in [5, 5.41) is 10.1. The van der Waals surface area contributed by atoms with Crippen LogP contribution < -0.4 is 4.90 Å². The molecule has 1 heterocycles. The van der Waals surface area contributed by atoms with Gasteiger partial charge in [-0.05, 0) is 36.5 Å². The molecule has 3 rings (SSSR count). The van der Waals surface area contributed by atoms with Gasteiger partial charge in [0.1, 0.15) is 0 Å². The van der Waals surface area contributed by atoms with E-state index in [9.17, 15) is 5.11 Å². The van der Waals surface area contributed by atoms with E-state index >= 15 is 0 Å². The molecule has 2 bridgehead atoms. The van der Waals surface area contributed by atoms with Crippen molar-refractivity contribution < 1.29 is 9.84 Å². The highest BCUT2D eigenvalue weighted by Crippen LogP contribution is 2.55. The van der Waals surface area contributed by atoms with Gasteiger partial charge in [0, 0.05) is 31.1 Å². The van der Waals surface area contributed by atoms with Gasteiger partial charge in [-0.3, -0.25) is 0 Å². The third kappa shape index (κ3) is 2.50. The van der Waals surface area contributed by atoms with Gasteiger partial charge in [-0.15, -0.1) is 0 Å². The Labute approximate surface area is 140 Å². The second kappa shape index (κ2) is 5.95. The molecule has 0 radical (unpaired) electrons. The summed E-state index contributed by atoms with van der Waals surface area (Å²) in [6, 6.07) is 8.68. The van der Waals surface area contributed by atoms with E-state index in [0.717, 1.165) is 0 Å². The van der Waals surface area contributed by atoms with Gasteiger partial charge in [-0.1, -0.05) is 37.6 Å². The quantitative estimate of drug-likeness (QED) is 0.864. The summed E-state index contributed by atoms with van der Waals surface area (Å²) in [5.41, 5.74) is 3.70. The number of benzene rings is 1. The Morgan fingerprint density at radius 1 is 1.22 bits per heavy atom. The Balaban J connectivity index is 1.95. The average Bonchev–Trinajstić information content (AvgIpc) is 2.53. The SMILES string of the molecule is CC1=C[C@@H](C)[C@@]2(CO)CO[C@@H](c3ccc(N(C)C)cc3)[C@@H]1[C@@H]2C. The maximum Gasteiger partial charge on any atom is 0.0893 e. The third-order valence-corrected chi connectivity index (χ3v) is 6.28. The summed E-state index contributed by atoms with van der Waals surface area (Å²) in [6.45, 7) is 7.54. The second-order valence-corrected chi connectivity index (χ2v) is 7.62. The monoisotopic (exact) mass is 315 g/mol. The van der Waals surface area contributed by atoms with Gasteiger partial charge < -0.3 is 14.7 Å². The molecular weight excluding hydrogens is 286 g/mol. The van der Waals surface area contributed by atoms with Crippen molar-refractivity contribution >= 4 is 5.69 Å². The first kappa shape index (κ1) is 16.5. The number of allylic oxidation sites excluding steroid dienone is 1. The lowest BCUT2D eigenvalue weighted by atomic mass is 9.56. The molecule has 0 spiro atoms. The molecule has 3 nitrogen and oxygen atoms in total. The van der Waals surface area contributed by atoms with Gasteiger partial charge in [0.15, 0.2) is 0 Å². The zero-order chi connectivity index (χ0) is 16.8. The Kier molecular flexibility index (Phi) is 4.28. The minimum absolute atomic E-state index is 0.0876. The fourth-order valence-corrected chi connectivity index (χ4v) is 4.55.